The summed E-state index contributed by atoms with van der Waals surface area (Å²) in [6.45, 7) is 1.16. The van der Waals surface area contributed by atoms with Crippen molar-refractivity contribution in [2.45, 2.75) is 0 Å². The summed E-state index contributed by atoms with van der Waals surface area (Å²) in [4.78, 5) is 15.5. The number of amides is 1. The SMILES string of the molecule is O=C(NC1=NCCO1)c1ccccc1. The van der Waals surface area contributed by atoms with Crippen LogP contribution in [0.1, 0.15) is 10.4 Å². The van der Waals surface area contributed by atoms with E-state index in [0.29, 0.717) is 24.7 Å². The van der Waals surface area contributed by atoms with Crippen LogP contribution in [0.15, 0.2) is 35.3 Å². The zero-order chi connectivity index (χ0) is 9.80. The number of benzene rings is 1. The first kappa shape index (κ1) is 8.74. The van der Waals surface area contributed by atoms with Crippen molar-refractivity contribution in [1.29, 1.82) is 0 Å². The van der Waals surface area contributed by atoms with Gasteiger partial charge in [-0.2, -0.15) is 0 Å². The summed E-state index contributed by atoms with van der Waals surface area (Å²) in [5.41, 5.74) is 0.603. The summed E-state index contributed by atoms with van der Waals surface area (Å²) in [5.74, 6) is -0.189. The molecule has 0 aromatic heterocycles. The lowest BCUT2D eigenvalue weighted by molar-refractivity contribution is 0.0968. The van der Waals surface area contributed by atoms with Crippen molar-refractivity contribution < 1.29 is 9.53 Å². The Morgan fingerprint density at radius 3 is 2.79 bits per heavy atom. The lowest BCUT2D eigenvalue weighted by Gasteiger charge is -2.03. The van der Waals surface area contributed by atoms with E-state index in [1.165, 1.54) is 0 Å². The monoisotopic (exact) mass is 190 g/mol. The molecule has 1 aliphatic heterocycles. The van der Waals surface area contributed by atoms with Crippen molar-refractivity contribution in [3.8, 4) is 0 Å². The van der Waals surface area contributed by atoms with Gasteiger partial charge in [0.25, 0.3) is 11.9 Å². The highest BCUT2D eigenvalue weighted by Gasteiger charge is 2.11. The highest BCUT2D eigenvalue weighted by Crippen LogP contribution is 1.99. The van der Waals surface area contributed by atoms with Gasteiger partial charge in [-0.1, -0.05) is 18.2 Å². The van der Waals surface area contributed by atoms with Gasteiger partial charge in [0.15, 0.2) is 0 Å². The van der Waals surface area contributed by atoms with E-state index in [9.17, 15) is 4.79 Å². The molecule has 0 saturated carbocycles. The van der Waals surface area contributed by atoms with Crippen molar-refractivity contribution in [2.75, 3.05) is 13.2 Å². The number of carbonyl (C=O) groups excluding carboxylic acids is 1. The van der Waals surface area contributed by atoms with Gasteiger partial charge in [-0.25, -0.2) is 4.99 Å². The smallest absolute Gasteiger partial charge is 0.291 e. The summed E-state index contributed by atoms with van der Waals surface area (Å²) < 4.78 is 5.06. The molecule has 0 fully saturated rings. The van der Waals surface area contributed by atoms with E-state index >= 15 is 0 Å². The van der Waals surface area contributed by atoms with Crippen LogP contribution >= 0.6 is 0 Å². The number of nitrogens with zero attached hydrogens (tertiary/aromatic N) is 1. The van der Waals surface area contributed by atoms with Crippen LogP contribution in [0.4, 0.5) is 0 Å². The fourth-order valence-electron chi connectivity index (χ4n) is 1.17. The van der Waals surface area contributed by atoms with Crippen LogP contribution in [-0.2, 0) is 4.74 Å². The predicted molar refractivity (Wildman–Crippen MR) is 52.2 cm³/mol. The minimum atomic E-state index is -0.189. The quantitative estimate of drug-likeness (QED) is 0.712. The second-order valence-corrected chi connectivity index (χ2v) is 2.86. The van der Waals surface area contributed by atoms with Crippen molar-refractivity contribution in [1.82, 2.24) is 5.32 Å². The molecule has 0 atom stereocenters. The first-order chi connectivity index (χ1) is 6.86. The van der Waals surface area contributed by atoms with Crippen LogP contribution in [0.2, 0.25) is 0 Å². The number of nitrogens with one attached hydrogen (secondary N) is 1. The lowest BCUT2D eigenvalue weighted by Crippen LogP contribution is -2.30. The molecule has 0 spiro atoms. The molecule has 1 aromatic carbocycles. The van der Waals surface area contributed by atoms with Gasteiger partial charge in [0.2, 0.25) is 0 Å². The zero-order valence-corrected chi connectivity index (χ0v) is 7.56. The van der Waals surface area contributed by atoms with Gasteiger partial charge < -0.3 is 4.74 Å². The number of hydrogen-bond donors (Lipinski definition) is 1. The van der Waals surface area contributed by atoms with E-state index < -0.39 is 0 Å². The number of amidine groups is 1. The normalized spacial score (nSPS) is 14.4. The second kappa shape index (κ2) is 3.91. The number of aliphatic imine (C=N–C) groups is 1. The predicted octanol–water partition coefficient (Wildman–Crippen LogP) is 0.803. The van der Waals surface area contributed by atoms with Crippen molar-refractivity contribution >= 4 is 11.9 Å². The molecule has 1 aromatic rings. The molecule has 0 saturated heterocycles. The van der Waals surface area contributed by atoms with E-state index in [2.05, 4.69) is 10.3 Å². The maximum Gasteiger partial charge on any atom is 0.291 e. The van der Waals surface area contributed by atoms with E-state index in [0.717, 1.165) is 0 Å². The third-order valence-corrected chi connectivity index (χ3v) is 1.84. The Labute approximate surface area is 81.6 Å². The van der Waals surface area contributed by atoms with E-state index in [1.54, 1.807) is 12.1 Å². The molecule has 0 aliphatic carbocycles. The third-order valence-electron chi connectivity index (χ3n) is 1.84. The number of ether oxygens (including phenoxy) is 1. The Kier molecular flexibility index (Phi) is 2.44. The molecule has 4 nitrogen and oxygen atoms in total. The van der Waals surface area contributed by atoms with Crippen LogP contribution in [0.5, 0.6) is 0 Å². The van der Waals surface area contributed by atoms with Crippen molar-refractivity contribution in [3.63, 3.8) is 0 Å². The largest absolute Gasteiger partial charge is 0.463 e. The van der Waals surface area contributed by atoms with Crippen molar-refractivity contribution in [3.05, 3.63) is 35.9 Å². The molecule has 1 amide bonds. The minimum Gasteiger partial charge on any atom is -0.463 e. The number of hydrogen-bond acceptors (Lipinski definition) is 3. The maximum atomic E-state index is 11.5. The highest BCUT2D eigenvalue weighted by atomic mass is 16.5. The fraction of sp³-hybridized carbons (Fsp3) is 0.200. The Hall–Kier alpha value is -1.84. The van der Waals surface area contributed by atoms with E-state index in [4.69, 9.17) is 4.74 Å². The van der Waals surface area contributed by atoms with Crippen LogP contribution < -0.4 is 5.32 Å². The molecule has 72 valence electrons. The average Bonchev–Trinajstić information content (AvgIpc) is 2.72. The lowest BCUT2D eigenvalue weighted by atomic mass is 10.2. The summed E-state index contributed by atoms with van der Waals surface area (Å²) in [7, 11) is 0. The molecule has 14 heavy (non-hydrogen) atoms. The Morgan fingerprint density at radius 2 is 2.14 bits per heavy atom. The van der Waals surface area contributed by atoms with Crippen LogP contribution in [0.3, 0.4) is 0 Å². The molecule has 0 radical (unpaired) electrons. The standard InChI is InChI=1S/C10H10N2O2/c13-9(8-4-2-1-3-5-8)12-10-11-6-7-14-10/h1-5H,6-7H2,(H,11,12,13). The van der Waals surface area contributed by atoms with Gasteiger partial charge in [-0.15, -0.1) is 0 Å². The van der Waals surface area contributed by atoms with Gasteiger partial charge in [-0.05, 0) is 12.1 Å². The van der Waals surface area contributed by atoms with Gasteiger partial charge >= 0.3 is 0 Å². The highest BCUT2D eigenvalue weighted by molar-refractivity contribution is 6.04. The third kappa shape index (κ3) is 1.90. The molecule has 1 heterocycles. The molecular formula is C10H10N2O2. The number of carbonyl (C=O) groups is 1. The summed E-state index contributed by atoms with van der Waals surface area (Å²) in [6.07, 6.45) is 0. The van der Waals surface area contributed by atoms with Gasteiger partial charge in [0.05, 0.1) is 6.54 Å². The molecule has 4 heteroatoms. The van der Waals surface area contributed by atoms with Crippen LogP contribution in [-0.4, -0.2) is 25.1 Å². The number of rotatable bonds is 1. The molecule has 1 aliphatic rings. The summed E-state index contributed by atoms with van der Waals surface area (Å²) >= 11 is 0. The molecular weight excluding hydrogens is 180 g/mol. The van der Waals surface area contributed by atoms with Crippen LogP contribution in [0.25, 0.3) is 0 Å². The maximum absolute atomic E-state index is 11.5. The Balaban J connectivity index is 2.03. The second-order valence-electron chi connectivity index (χ2n) is 2.86. The van der Waals surface area contributed by atoms with Gasteiger partial charge in [0, 0.05) is 5.56 Å². The molecule has 1 N–H and O–H groups in total. The van der Waals surface area contributed by atoms with Crippen LogP contribution in [0, 0.1) is 0 Å². The Bertz CT molecular complexity index is 360. The average molecular weight is 190 g/mol. The Morgan fingerprint density at radius 1 is 1.36 bits per heavy atom. The topological polar surface area (TPSA) is 50.7 Å². The van der Waals surface area contributed by atoms with Gasteiger partial charge in [0.1, 0.15) is 6.61 Å². The fourth-order valence-corrected chi connectivity index (χ4v) is 1.17. The molecule has 0 unspecified atom stereocenters. The van der Waals surface area contributed by atoms with E-state index in [-0.39, 0.29) is 5.91 Å². The zero-order valence-electron chi connectivity index (χ0n) is 7.56. The van der Waals surface area contributed by atoms with E-state index in [1.807, 2.05) is 18.2 Å². The molecule has 2 rings (SSSR count). The minimum absolute atomic E-state index is 0.189. The summed E-state index contributed by atoms with van der Waals surface area (Å²) in [6, 6.07) is 9.29. The summed E-state index contributed by atoms with van der Waals surface area (Å²) in [5, 5.41) is 2.58. The van der Waals surface area contributed by atoms with Crippen molar-refractivity contribution in [2.24, 2.45) is 4.99 Å². The van der Waals surface area contributed by atoms with Gasteiger partial charge in [-0.3, -0.25) is 10.1 Å². The first-order valence-corrected chi connectivity index (χ1v) is 4.40. The molecule has 0 bridgehead atoms. The first-order valence-electron chi connectivity index (χ1n) is 4.40.